The smallest absolute Gasteiger partial charge is 0.301 e. The van der Waals surface area contributed by atoms with Crippen LogP contribution >= 0.6 is 11.8 Å². The molecule has 0 atom stereocenters. The molecular weight excluding hydrogens is 325 g/mol. The Morgan fingerprint density at radius 1 is 1.17 bits per heavy atom. The number of H-pyrrole nitrogens is 1. The minimum absolute atomic E-state index is 0.267. The van der Waals surface area contributed by atoms with Crippen molar-refractivity contribution >= 4 is 11.8 Å². The molecule has 1 heterocycles. The third-order valence-electron chi connectivity index (χ3n) is 3.12. The van der Waals surface area contributed by atoms with Crippen LogP contribution < -0.4 is 5.56 Å². The molecule has 0 saturated heterocycles. The Hall–Kier alpha value is -1.76. The number of nitrogens with zero attached hydrogens (tertiary/aromatic N) is 1. The van der Waals surface area contributed by atoms with E-state index in [1.165, 1.54) is 23.9 Å². The molecule has 1 aromatic heterocycles. The van der Waals surface area contributed by atoms with Gasteiger partial charge in [0.25, 0.3) is 5.56 Å². The van der Waals surface area contributed by atoms with E-state index in [1.807, 2.05) is 20.8 Å². The van der Waals surface area contributed by atoms with Crippen LogP contribution in [0, 0.1) is 0 Å². The summed E-state index contributed by atoms with van der Waals surface area (Å²) in [6, 6.07) is 6.58. The third-order valence-corrected chi connectivity index (χ3v) is 4.06. The van der Waals surface area contributed by atoms with E-state index in [4.69, 9.17) is 0 Å². The number of rotatable bonds is 3. The van der Waals surface area contributed by atoms with Gasteiger partial charge in [0.15, 0.2) is 5.16 Å². The van der Waals surface area contributed by atoms with E-state index in [9.17, 15) is 18.0 Å². The largest absolute Gasteiger partial charge is 0.416 e. The van der Waals surface area contributed by atoms with Crippen LogP contribution in [-0.4, -0.2) is 9.97 Å². The number of benzene rings is 1. The van der Waals surface area contributed by atoms with Crippen molar-refractivity contribution < 1.29 is 13.2 Å². The van der Waals surface area contributed by atoms with Gasteiger partial charge in [0.1, 0.15) is 0 Å². The van der Waals surface area contributed by atoms with Crippen LogP contribution in [0.25, 0.3) is 0 Å². The Morgan fingerprint density at radius 2 is 1.87 bits per heavy atom. The van der Waals surface area contributed by atoms with Crippen molar-refractivity contribution in [1.82, 2.24) is 9.97 Å². The van der Waals surface area contributed by atoms with Crippen molar-refractivity contribution in [2.45, 2.75) is 43.3 Å². The van der Waals surface area contributed by atoms with Crippen molar-refractivity contribution in [2.24, 2.45) is 0 Å². The van der Waals surface area contributed by atoms with Gasteiger partial charge < -0.3 is 4.98 Å². The summed E-state index contributed by atoms with van der Waals surface area (Å²) in [4.78, 5) is 18.7. The van der Waals surface area contributed by atoms with E-state index in [2.05, 4.69) is 9.97 Å². The highest BCUT2D eigenvalue weighted by atomic mass is 32.2. The lowest BCUT2D eigenvalue weighted by atomic mass is 9.92. The molecule has 3 nitrogen and oxygen atoms in total. The zero-order valence-corrected chi connectivity index (χ0v) is 13.8. The van der Waals surface area contributed by atoms with Gasteiger partial charge in [-0.3, -0.25) is 4.79 Å². The number of nitrogens with one attached hydrogen (secondary N) is 1. The topological polar surface area (TPSA) is 45.8 Å². The van der Waals surface area contributed by atoms with Gasteiger partial charge in [0.2, 0.25) is 0 Å². The monoisotopic (exact) mass is 342 g/mol. The average molecular weight is 342 g/mol. The number of hydrogen-bond acceptors (Lipinski definition) is 3. The molecule has 0 unspecified atom stereocenters. The van der Waals surface area contributed by atoms with Gasteiger partial charge in [-0.25, -0.2) is 4.98 Å². The maximum Gasteiger partial charge on any atom is 0.416 e. The Labute approximate surface area is 136 Å². The van der Waals surface area contributed by atoms with Crippen LogP contribution in [0.4, 0.5) is 13.2 Å². The van der Waals surface area contributed by atoms with Crippen molar-refractivity contribution in [3.05, 3.63) is 57.5 Å². The summed E-state index contributed by atoms with van der Waals surface area (Å²) in [5.41, 5.74) is -0.0573. The Bertz CT molecular complexity index is 748. The molecule has 0 aliphatic heterocycles. The van der Waals surface area contributed by atoms with Crippen molar-refractivity contribution in [3.8, 4) is 0 Å². The molecule has 0 aliphatic rings. The number of aromatic nitrogens is 2. The second-order valence-electron chi connectivity index (χ2n) is 6.17. The van der Waals surface area contributed by atoms with Crippen molar-refractivity contribution in [2.75, 3.05) is 0 Å². The molecule has 0 aliphatic carbocycles. The van der Waals surface area contributed by atoms with E-state index in [-0.39, 0.29) is 11.0 Å². The van der Waals surface area contributed by atoms with Gasteiger partial charge in [-0.1, -0.05) is 50.7 Å². The van der Waals surface area contributed by atoms with Crippen molar-refractivity contribution in [1.29, 1.82) is 0 Å². The number of alkyl halides is 3. The fraction of sp³-hybridized carbons (Fsp3) is 0.375. The van der Waals surface area contributed by atoms with E-state index >= 15 is 0 Å². The van der Waals surface area contributed by atoms with E-state index in [0.29, 0.717) is 22.2 Å². The molecule has 1 aromatic carbocycles. The van der Waals surface area contributed by atoms with E-state index in [0.717, 1.165) is 12.1 Å². The maximum atomic E-state index is 12.7. The molecule has 7 heteroatoms. The van der Waals surface area contributed by atoms with Crippen LogP contribution in [0.1, 0.15) is 37.6 Å². The molecule has 2 rings (SSSR count). The maximum absolute atomic E-state index is 12.7. The summed E-state index contributed by atoms with van der Waals surface area (Å²) >= 11 is 1.20. The normalized spacial score (nSPS) is 12.4. The minimum atomic E-state index is -4.36. The zero-order chi connectivity index (χ0) is 17.3. The predicted octanol–water partition coefficient (Wildman–Crippen LogP) is 4.38. The molecule has 0 fully saturated rings. The van der Waals surface area contributed by atoms with Gasteiger partial charge in [-0.05, 0) is 11.6 Å². The lowest BCUT2D eigenvalue weighted by Gasteiger charge is -2.17. The summed E-state index contributed by atoms with van der Waals surface area (Å²) in [6.45, 7) is 5.82. The Morgan fingerprint density at radius 3 is 2.48 bits per heavy atom. The molecule has 1 N–H and O–H groups in total. The molecule has 124 valence electrons. The van der Waals surface area contributed by atoms with Gasteiger partial charge in [0, 0.05) is 17.2 Å². The quantitative estimate of drug-likeness (QED) is 0.665. The highest BCUT2D eigenvalue weighted by Crippen LogP contribution is 2.31. The molecule has 0 amide bonds. The molecule has 23 heavy (non-hydrogen) atoms. The average Bonchev–Trinajstić information content (AvgIpc) is 2.43. The fourth-order valence-electron chi connectivity index (χ4n) is 1.88. The minimum Gasteiger partial charge on any atom is -0.301 e. The highest BCUT2D eigenvalue weighted by Gasteiger charge is 2.30. The lowest BCUT2D eigenvalue weighted by Crippen LogP contribution is -2.19. The SMILES string of the molecule is CC(C)(C)c1cc(=O)[nH]c(SCc2cccc(C(F)(F)F)c2)n1. The first-order chi connectivity index (χ1) is 10.6. The second kappa shape index (κ2) is 6.39. The number of halogens is 3. The first-order valence-electron chi connectivity index (χ1n) is 6.96. The molecule has 0 saturated carbocycles. The molecular formula is C16H17F3N2OS. The summed E-state index contributed by atoms with van der Waals surface area (Å²) in [5.74, 6) is 0.292. The molecule has 0 bridgehead atoms. The van der Waals surface area contributed by atoms with Crippen LogP contribution in [0.15, 0.2) is 40.3 Å². The first-order valence-corrected chi connectivity index (χ1v) is 7.95. The third kappa shape index (κ3) is 4.86. The number of hydrogen-bond donors (Lipinski definition) is 1. The van der Waals surface area contributed by atoms with Gasteiger partial charge in [-0.15, -0.1) is 0 Å². The van der Waals surface area contributed by atoms with Gasteiger partial charge in [0.05, 0.1) is 11.3 Å². The van der Waals surface area contributed by atoms with Crippen LogP contribution in [-0.2, 0) is 17.3 Å². The highest BCUT2D eigenvalue weighted by molar-refractivity contribution is 7.98. The zero-order valence-electron chi connectivity index (χ0n) is 13.0. The molecule has 0 radical (unpaired) electrons. The summed E-state index contributed by atoms with van der Waals surface area (Å²) in [6.07, 6.45) is -4.36. The van der Waals surface area contributed by atoms with Gasteiger partial charge >= 0.3 is 6.18 Å². The summed E-state index contributed by atoms with van der Waals surface area (Å²) in [7, 11) is 0. The van der Waals surface area contributed by atoms with Crippen LogP contribution in [0.3, 0.4) is 0 Å². The first kappa shape index (κ1) is 17.6. The second-order valence-corrected chi connectivity index (χ2v) is 7.14. The molecule has 0 spiro atoms. The predicted molar refractivity (Wildman–Crippen MR) is 84.6 cm³/mol. The fourth-order valence-corrected chi connectivity index (χ4v) is 2.70. The van der Waals surface area contributed by atoms with E-state index in [1.54, 1.807) is 6.07 Å². The number of aromatic amines is 1. The standard InChI is InChI=1S/C16H17F3N2OS/c1-15(2,3)12-8-13(22)21-14(20-12)23-9-10-5-4-6-11(7-10)16(17,18)19/h4-8H,9H2,1-3H3,(H,20,21,22). The lowest BCUT2D eigenvalue weighted by molar-refractivity contribution is -0.137. The van der Waals surface area contributed by atoms with Crippen LogP contribution in [0.5, 0.6) is 0 Å². The van der Waals surface area contributed by atoms with E-state index < -0.39 is 11.7 Å². The van der Waals surface area contributed by atoms with Gasteiger partial charge in [-0.2, -0.15) is 13.2 Å². The Balaban J connectivity index is 2.19. The summed E-state index contributed by atoms with van der Waals surface area (Å²) in [5, 5.41) is 0.403. The number of thioether (sulfide) groups is 1. The Kier molecular flexibility index (Phi) is 4.89. The molecule has 2 aromatic rings. The van der Waals surface area contributed by atoms with Crippen LogP contribution in [0.2, 0.25) is 0 Å². The van der Waals surface area contributed by atoms with Crippen molar-refractivity contribution in [3.63, 3.8) is 0 Å². The summed E-state index contributed by atoms with van der Waals surface area (Å²) < 4.78 is 38.1.